The van der Waals surface area contributed by atoms with E-state index in [4.69, 9.17) is 0 Å². The number of rotatable bonds is 3. The van der Waals surface area contributed by atoms with Crippen LogP contribution < -0.4 is 4.90 Å². The zero-order chi connectivity index (χ0) is 13.1. The summed E-state index contributed by atoms with van der Waals surface area (Å²) in [5, 5.41) is 10.0. The number of halogens is 1. The van der Waals surface area contributed by atoms with Gasteiger partial charge in [-0.05, 0) is 47.8 Å². The fourth-order valence-electron chi connectivity index (χ4n) is 2.59. The lowest BCUT2D eigenvalue weighted by atomic mass is 9.86. The van der Waals surface area contributed by atoms with Gasteiger partial charge in [-0.3, -0.25) is 0 Å². The Hall–Kier alpha value is -0.610. The number of aryl methyl sites for hydroxylation is 1. The molecule has 1 aromatic rings. The normalized spacial score (nSPS) is 24.0. The molecular formula is C14H21BrN2O. The van der Waals surface area contributed by atoms with E-state index in [1.165, 1.54) is 6.42 Å². The molecule has 1 aliphatic carbocycles. The Morgan fingerprint density at radius 1 is 1.39 bits per heavy atom. The van der Waals surface area contributed by atoms with Crippen molar-refractivity contribution in [3.63, 3.8) is 0 Å². The highest BCUT2D eigenvalue weighted by Gasteiger charge is 2.24. The summed E-state index contributed by atoms with van der Waals surface area (Å²) in [6.45, 7) is 2.88. The Balaban J connectivity index is 2.02. The molecule has 0 spiro atoms. The third kappa shape index (κ3) is 3.23. The van der Waals surface area contributed by atoms with Gasteiger partial charge in [0.25, 0.3) is 0 Å². The molecule has 18 heavy (non-hydrogen) atoms. The highest BCUT2D eigenvalue weighted by Crippen LogP contribution is 2.26. The molecule has 0 aliphatic heterocycles. The first-order chi connectivity index (χ1) is 8.58. The zero-order valence-corrected chi connectivity index (χ0v) is 12.7. The van der Waals surface area contributed by atoms with E-state index >= 15 is 0 Å². The van der Waals surface area contributed by atoms with Gasteiger partial charge in [-0.1, -0.05) is 12.8 Å². The Kier molecular flexibility index (Phi) is 4.62. The van der Waals surface area contributed by atoms with Crippen LogP contribution in [0.15, 0.2) is 16.6 Å². The first kappa shape index (κ1) is 13.8. The van der Waals surface area contributed by atoms with Crippen molar-refractivity contribution in [1.82, 2.24) is 4.98 Å². The van der Waals surface area contributed by atoms with Crippen LogP contribution in [0.2, 0.25) is 0 Å². The molecule has 3 nitrogen and oxygen atoms in total. The van der Waals surface area contributed by atoms with Crippen LogP contribution >= 0.6 is 15.9 Å². The summed E-state index contributed by atoms with van der Waals surface area (Å²) in [5.74, 6) is 1.36. The minimum atomic E-state index is -0.141. The second kappa shape index (κ2) is 6.02. The van der Waals surface area contributed by atoms with E-state index in [1.54, 1.807) is 0 Å². The Morgan fingerprint density at radius 2 is 2.11 bits per heavy atom. The van der Waals surface area contributed by atoms with Crippen molar-refractivity contribution in [2.75, 3.05) is 18.5 Å². The molecule has 0 saturated heterocycles. The molecule has 1 N–H and O–H groups in total. The molecular weight excluding hydrogens is 292 g/mol. The molecule has 1 heterocycles. The van der Waals surface area contributed by atoms with Crippen molar-refractivity contribution in [2.45, 2.75) is 38.7 Å². The predicted octanol–water partition coefficient (Wildman–Crippen LogP) is 3.14. The second-order valence-corrected chi connectivity index (χ2v) is 6.08. The molecule has 100 valence electrons. The molecule has 1 fully saturated rings. The maximum atomic E-state index is 10.0. The molecule has 4 heteroatoms. The van der Waals surface area contributed by atoms with Crippen molar-refractivity contribution in [3.8, 4) is 0 Å². The van der Waals surface area contributed by atoms with Gasteiger partial charge in [-0.15, -0.1) is 0 Å². The fourth-order valence-corrected chi connectivity index (χ4v) is 2.81. The Morgan fingerprint density at radius 3 is 2.78 bits per heavy atom. The lowest BCUT2D eigenvalue weighted by molar-refractivity contribution is 0.0736. The average molecular weight is 313 g/mol. The van der Waals surface area contributed by atoms with Crippen LogP contribution in [0, 0.1) is 12.8 Å². The summed E-state index contributed by atoms with van der Waals surface area (Å²) < 4.78 is 1.04. The van der Waals surface area contributed by atoms with Crippen molar-refractivity contribution >= 4 is 21.7 Å². The Labute approximate surface area is 117 Å². The number of aliphatic hydroxyl groups is 1. The third-order valence-electron chi connectivity index (χ3n) is 3.78. The number of anilines is 1. The molecule has 2 rings (SSSR count). The molecule has 0 bridgehead atoms. The van der Waals surface area contributed by atoms with E-state index < -0.39 is 0 Å². The summed E-state index contributed by atoms with van der Waals surface area (Å²) in [5.41, 5.74) is 1.00. The number of aliphatic hydroxyl groups excluding tert-OH is 1. The summed E-state index contributed by atoms with van der Waals surface area (Å²) in [6.07, 6.45) is 4.34. The zero-order valence-electron chi connectivity index (χ0n) is 11.1. The number of aromatic nitrogens is 1. The summed E-state index contributed by atoms with van der Waals surface area (Å²) in [4.78, 5) is 6.71. The van der Waals surface area contributed by atoms with Gasteiger partial charge in [0.05, 0.1) is 11.8 Å². The molecule has 2 unspecified atom stereocenters. The topological polar surface area (TPSA) is 36.4 Å². The van der Waals surface area contributed by atoms with Crippen LogP contribution in [0.5, 0.6) is 0 Å². The third-order valence-corrected chi connectivity index (χ3v) is 4.61. The second-order valence-electron chi connectivity index (χ2n) is 5.23. The molecule has 0 aromatic carbocycles. The van der Waals surface area contributed by atoms with E-state index in [9.17, 15) is 5.11 Å². The van der Waals surface area contributed by atoms with Gasteiger partial charge in [0, 0.05) is 24.0 Å². The van der Waals surface area contributed by atoms with E-state index in [-0.39, 0.29) is 6.10 Å². The number of hydrogen-bond donors (Lipinski definition) is 1. The lowest BCUT2D eigenvalue weighted by Crippen LogP contribution is -2.35. The quantitative estimate of drug-likeness (QED) is 0.931. The maximum absolute atomic E-state index is 10.0. The predicted molar refractivity (Wildman–Crippen MR) is 77.9 cm³/mol. The lowest BCUT2D eigenvalue weighted by Gasteiger charge is -2.31. The van der Waals surface area contributed by atoms with Crippen LogP contribution in [0.25, 0.3) is 0 Å². The first-order valence-electron chi connectivity index (χ1n) is 6.60. The minimum absolute atomic E-state index is 0.141. The monoisotopic (exact) mass is 312 g/mol. The molecule has 2 atom stereocenters. The van der Waals surface area contributed by atoms with Crippen molar-refractivity contribution in [1.29, 1.82) is 0 Å². The average Bonchev–Trinajstić information content (AvgIpc) is 2.35. The van der Waals surface area contributed by atoms with Crippen LogP contribution in [0.1, 0.15) is 31.4 Å². The largest absolute Gasteiger partial charge is 0.393 e. The van der Waals surface area contributed by atoms with Crippen LogP contribution in [-0.2, 0) is 0 Å². The van der Waals surface area contributed by atoms with Crippen molar-refractivity contribution < 1.29 is 5.11 Å². The van der Waals surface area contributed by atoms with Crippen LogP contribution in [-0.4, -0.2) is 29.8 Å². The maximum Gasteiger partial charge on any atom is 0.128 e. The molecule has 1 aliphatic rings. The summed E-state index contributed by atoms with van der Waals surface area (Å²) in [7, 11) is 2.05. The van der Waals surface area contributed by atoms with Gasteiger partial charge in [-0.2, -0.15) is 0 Å². The van der Waals surface area contributed by atoms with Gasteiger partial charge in [0.1, 0.15) is 5.82 Å². The molecule has 1 aromatic heterocycles. The van der Waals surface area contributed by atoms with Gasteiger partial charge in [-0.25, -0.2) is 4.98 Å². The number of pyridine rings is 1. The van der Waals surface area contributed by atoms with Crippen LogP contribution in [0.3, 0.4) is 0 Å². The highest BCUT2D eigenvalue weighted by atomic mass is 79.9. The van der Waals surface area contributed by atoms with Crippen molar-refractivity contribution in [3.05, 3.63) is 22.3 Å². The van der Waals surface area contributed by atoms with E-state index in [2.05, 4.69) is 32.9 Å². The summed E-state index contributed by atoms with van der Waals surface area (Å²) >= 11 is 3.47. The number of nitrogens with zero attached hydrogens (tertiary/aromatic N) is 2. The van der Waals surface area contributed by atoms with Gasteiger partial charge < -0.3 is 10.0 Å². The fraction of sp³-hybridized carbons (Fsp3) is 0.643. The number of hydrogen-bond acceptors (Lipinski definition) is 3. The van der Waals surface area contributed by atoms with E-state index in [0.717, 1.165) is 41.8 Å². The first-order valence-corrected chi connectivity index (χ1v) is 7.39. The van der Waals surface area contributed by atoms with Crippen LogP contribution in [0.4, 0.5) is 5.82 Å². The van der Waals surface area contributed by atoms with Gasteiger partial charge >= 0.3 is 0 Å². The summed E-state index contributed by atoms with van der Waals surface area (Å²) in [6, 6.07) is 4.05. The van der Waals surface area contributed by atoms with E-state index in [0.29, 0.717) is 5.92 Å². The SMILES string of the molecule is Cc1nc(N(C)CC2CCCCC2O)ccc1Br. The van der Waals surface area contributed by atoms with E-state index in [1.807, 2.05) is 19.1 Å². The smallest absolute Gasteiger partial charge is 0.128 e. The highest BCUT2D eigenvalue weighted by molar-refractivity contribution is 9.10. The Bertz CT molecular complexity index is 411. The molecule has 0 amide bonds. The van der Waals surface area contributed by atoms with Gasteiger partial charge in [0.2, 0.25) is 0 Å². The minimum Gasteiger partial charge on any atom is -0.393 e. The molecule has 0 radical (unpaired) electrons. The molecule has 1 saturated carbocycles. The standard InChI is InChI=1S/C14H21BrN2O/c1-10-12(15)7-8-14(16-10)17(2)9-11-5-3-4-6-13(11)18/h7-8,11,13,18H,3-6,9H2,1-2H3. The van der Waals surface area contributed by atoms with Crippen molar-refractivity contribution in [2.24, 2.45) is 5.92 Å². The van der Waals surface area contributed by atoms with Gasteiger partial charge in [0.15, 0.2) is 0 Å².